The SMILES string of the molecule is [CH2-]P(=O)(O)C1(O)CC[NH2+]CC1. The Morgan fingerprint density at radius 2 is 1.91 bits per heavy atom. The van der Waals surface area contributed by atoms with Crippen molar-refractivity contribution < 1.29 is 19.9 Å². The van der Waals surface area contributed by atoms with Crippen LogP contribution < -0.4 is 5.32 Å². The Labute approximate surface area is 66.1 Å². The maximum atomic E-state index is 11.1. The zero-order valence-corrected chi connectivity index (χ0v) is 7.26. The van der Waals surface area contributed by atoms with Crippen LogP contribution in [0.15, 0.2) is 0 Å². The Balaban J connectivity index is 2.72. The smallest absolute Gasteiger partial charge is 0.124 e. The van der Waals surface area contributed by atoms with Gasteiger partial charge in [-0.1, -0.05) is 0 Å². The fraction of sp³-hybridized carbons (Fsp3) is 0.833. The first-order valence-corrected chi connectivity index (χ1v) is 5.51. The van der Waals surface area contributed by atoms with Crippen molar-refractivity contribution in [3.05, 3.63) is 6.66 Å². The molecule has 1 unspecified atom stereocenters. The third-order valence-corrected chi connectivity index (χ3v) is 3.90. The van der Waals surface area contributed by atoms with Crippen LogP contribution in [0.4, 0.5) is 0 Å². The summed E-state index contributed by atoms with van der Waals surface area (Å²) in [4.78, 5) is 9.08. The molecule has 0 aliphatic carbocycles. The van der Waals surface area contributed by atoms with Crippen LogP contribution in [0.5, 0.6) is 0 Å². The molecule has 1 heterocycles. The van der Waals surface area contributed by atoms with Crippen LogP contribution >= 0.6 is 7.37 Å². The van der Waals surface area contributed by atoms with E-state index in [1.807, 2.05) is 5.32 Å². The van der Waals surface area contributed by atoms with Crippen molar-refractivity contribution in [1.29, 1.82) is 0 Å². The van der Waals surface area contributed by atoms with Gasteiger partial charge in [-0.15, -0.1) is 0 Å². The Morgan fingerprint density at radius 1 is 1.45 bits per heavy atom. The lowest BCUT2D eigenvalue weighted by Gasteiger charge is -2.36. The monoisotopic (exact) mass is 179 g/mol. The van der Waals surface area contributed by atoms with E-state index >= 15 is 0 Å². The van der Waals surface area contributed by atoms with Gasteiger partial charge in [0.05, 0.1) is 20.5 Å². The van der Waals surface area contributed by atoms with Gasteiger partial charge in [0.1, 0.15) is 5.34 Å². The lowest BCUT2D eigenvalue weighted by atomic mass is 10.1. The van der Waals surface area contributed by atoms with Crippen LogP contribution in [-0.4, -0.2) is 28.4 Å². The van der Waals surface area contributed by atoms with Gasteiger partial charge in [-0.25, -0.2) is 0 Å². The number of hydrogen-bond donors (Lipinski definition) is 3. The summed E-state index contributed by atoms with van der Waals surface area (Å²) in [5.41, 5.74) is 0. The molecule has 0 saturated carbocycles. The molecular formula is C6H14NO3P. The number of quaternary nitrogens is 1. The molecule has 1 rings (SSSR count). The molecule has 0 spiro atoms. The van der Waals surface area contributed by atoms with Crippen LogP contribution in [0, 0.1) is 6.66 Å². The summed E-state index contributed by atoms with van der Waals surface area (Å²) in [6, 6.07) is 0. The van der Waals surface area contributed by atoms with Crippen molar-refractivity contribution in [2.75, 3.05) is 13.1 Å². The van der Waals surface area contributed by atoms with Crippen LogP contribution in [0.2, 0.25) is 0 Å². The van der Waals surface area contributed by atoms with Gasteiger partial charge in [0.2, 0.25) is 0 Å². The molecule has 0 radical (unpaired) electrons. The molecule has 5 heteroatoms. The zero-order valence-electron chi connectivity index (χ0n) is 6.36. The summed E-state index contributed by atoms with van der Waals surface area (Å²) in [5, 5.41) is 10.2. The highest BCUT2D eigenvalue weighted by molar-refractivity contribution is 7.60. The van der Waals surface area contributed by atoms with Crippen LogP contribution in [0.1, 0.15) is 12.8 Å². The number of rotatable bonds is 1. The molecule has 1 fully saturated rings. The molecule has 0 aromatic carbocycles. The van der Waals surface area contributed by atoms with Crippen molar-refractivity contribution in [1.82, 2.24) is 0 Å². The lowest BCUT2D eigenvalue weighted by molar-refractivity contribution is -0.666. The highest BCUT2D eigenvalue weighted by Gasteiger charge is 2.39. The van der Waals surface area contributed by atoms with Gasteiger partial charge < -0.3 is 19.9 Å². The van der Waals surface area contributed by atoms with Crippen molar-refractivity contribution in [3.63, 3.8) is 0 Å². The second-order valence-corrected chi connectivity index (χ2v) is 5.29. The first-order valence-electron chi connectivity index (χ1n) is 3.67. The molecule has 0 aromatic heterocycles. The van der Waals surface area contributed by atoms with Gasteiger partial charge in [0.25, 0.3) is 0 Å². The van der Waals surface area contributed by atoms with Gasteiger partial charge in [0.15, 0.2) is 0 Å². The summed E-state index contributed by atoms with van der Waals surface area (Å²) in [6.07, 6.45) is 0.731. The van der Waals surface area contributed by atoms with E-state index < -0.39 is 12.7 Å². The molecule has 1 aliphatic heterocycles. The fourth-order valence-electron chi connectivity index (χ4n) is 1.29. The standard InChI is InChI=1S/C6H13NO3P/c1-11(9,10)6(8)2-4-7-5-3-6/h7-8H,1-5H2,(H,9,10)/q-1/p+1. The normalized spacial score (nSPS) is 29.4. The average Bonchev–Trinajstić information content (AvgIpc) is 1.87. The third-order valence-electron chi connectivity index (χ3n) is 2.15. The second kappa shape index (κ2) is 2.87. The van der Waals surface area contributed by atoms with Crippen molar-refractivity contribution >= 4 is 7.37 Å². The first kappa shape index (κ1) is 9.20. The Bertz CT molecular complexity index is 182. The largest absolute Gasteiger partial charge is 0.382 e. The molecule has 1 saturated heterocycles. The summed E-state index contributed by atoms with van der Waals surface area (Å²) < 4.78 is 11.1. The minimum Gasteiger partial charge on any atom is -0.382 e. The topological polar surface area (TPSA) is 74.1 Å². The predicted octanol–water partition coefficient (Wildman–Crippen LogP) is -0.906. The van der Waals surface area contributed by atoms with Crippen LogP contribution in [0.3, 0.4) is 0 Å². The number of nitrogens with two attached hydrogens (primary N) is 1. The quantitative estimate of drug-likeness (QED) is 0.360. The maximum absolute atomic E-state index is 11.1. The molecule has 1 aliphatic rings. The minimum atomic E-state index is -3.57. The molecular weight excluding hydrogens is 165 g/mol. The molecule has 66 valence electrons. The molecule has 0 aromatic rings. The van der Waals surface area contributed by atoms with E-state index in [2.05, 4.69) is 6.66 Å². The minimum absolute atomic E-state index is 0.365. The summed E-state index contributed by atoms with van der Waals surface area (Å²) >= 11 is 0. The van der Waals surface area contributed by atoms with Crippen molar-refractivity contribution in [2.45, 2.75) is 18.2 Å². The van der Waals surface area contributed by atoms with Crippen LogP contribution in [0.25, 0.3) is 0 Å². The van der Waals surface area contributed by atoms with E-state index in [1.165, 1.54) is 0 Å². The van der Waals surface area contributed by atoms with E-state index in [-0.39, 0.29) is 0 Å². The van der Waals surface area contributed by atoms with Gasteiger partial charge in [0, 0.05) is 12.8 Å². The zero-order chi connectivity index (χ0) is 8.54. The predicted molar refractivity (Wildman–Crippen MR) is 41.0 cm³/mol. The Morgan fingerprint density at radius 3 is 2.18 bits per heavy atom. The maximum Gasteiger partial charge on any atom is 0.124 e. The average molecular weight is 179 g/mol. The lowest BCUT2D eigenvalue weighted by Crippen LogP contribution is -2.87. The summed E-state index contributed by atoms with van der Waals surface area (Å²) in [6.45, 7) is 4.52. The number of aliphatic hydroxyl groups is 1. The highest BCUT2D eigenvalue weighted by Crippen LogP contribution is 2.54. The van der Waals surface area contributed by atoms with Gasteiger partial charge in [-0.2, -0.15) is 0 Å². The highest BCUT2D eigenvalue weighted by atomic mass is 31.2. The second-order valence-electron chi connectivity index (χ2n) is 3.05. The third kappa shape index (κ3) is 1.82. The van der Waals surface area contributed by atoms with Crippen molar-refractivity contribution in [3.8, 4) is 0 Å². The van der Waals surface area contributed by atoms with Gasteiger partial charge in [-0.3, -0.25) is 6.66 Å². The molecule has 0 bridgehead atoms. The van der Waals surface area contributed by atoms with E-state index in [1.54, 1.807) is 0 Å². The van der Waals surface area contributed by atoms with Crippen LogP contribution in [-0.2, 0) is 4.57 Å². The van der Waals surface area contributed by atoms with E-state index in [9.17, 15) is 9.67 Å². The van der Waals surface area contributed by atoms with Gasteiger partial charge in [-0.05, 0) is 0 Å². The van der Waals surface area contributed by atoms with E-state index in [0.717, 1.165) is 0 Å². The van der Waals surface area contributed by atoms with Gasteiger partial charge >= 0.3 is 0 Å². The Hall–Kier alpha value is 0.110. The number of piperidine rings is 1. The fourth-order valence-corrected chi connectivity index (χ4v) is 2.24. The molecule has 4 nitrogen and oxygen atoms in total. The van der Waals surface area contributed by atoms with Crippen molar-refractivity contribution in [2.24, 2.45) is 0 Å². The molecule has 4 N–H and O–H groups in total. The number of hydrogen-bond acceptors (Lipinski definition) is 2. The van der Waals surface area contributed by atoms with E-state index in [0.29, 0.717) is 25.9 Å². The molecule has 0 amide bonds. The molecule has 1 atom stereocenters. The Kier molecular flexibility index (Phi) is 2.40. The summed E-state index contributed by atoms with van der Waals surface area (Å²) in [5.74, 6) is 0. The summed E-state index contributed by atoms with van der Waals surface area (Å²) in [7, 11) is -3.57. The molecule has 11 heavy (non-hydrogen) atoms. The first-order chi connectivity index (χ1) is 4.96. The van der Waals surface area contributed by atoms with E-state index in [4.69, 9.17) is 4.89 Å².